The lowest BCUT2D eigenvalue weighted by Crippen LogP contribution is -2.52. The predicted molar refractivity (Wildman–Crippen MR) is 182 cm³/mol. The van der Waals surface area contributed by atoms with Crippen LogP contribution >= 0.6 is 0 Å². The Morgan fingerprint density at radius 2 is 1.88 bits per heavy atom. The number of ether oxygens (including phenoxy) is 2. The van der Waals surface area contributed by atoms with E-state index in [1.165, 1.54) is 4.90 Å². The number of benzene rings is 1. The van der Waals surface area contributed by atoms with Gasteiger partial charge in [-0.25, -0.2) is 18.0 Å². The number of rotatable bonds is 8. The Labute approximate surface area is 293 Å². The van der Waals surface area contributed by atoms with Crippen molar-refractivity contribution in [2.24, 2.45) is 16.7 Å². The molecule has 4 amide bonds. The van der Waals surface area contributed by atoms with Crippen LogP contribution in [0.5, 0.6) is 0 Å². The zero-order chi connectivity index (χ0) is 36.0. The van der Waals surface area contributed by atoms with Gasteiger partial charge in [0.1, 0.15) is 12.1 Å². The van der Waals surface area contributed by atoms with Gasteiger partial charge in [0, 0.05) is 25.9 Å². The van der Waals surface area contributed by atoms with Gasteiger partial charge < -0.3 is 19.7 Å². The average molecular weight is 713 g/mol. The molecule has 0 aromatic heterocycles. The third-order valence-corrected chi connectivity index (χ3v) is 12.8. The Morgan fingerprint density at radius 3 is 2.56 bits per heavy atom. The highest BCUT2D eigenvalue weighted by molar-refractivity contribution is 7.90. The molecular formula is C36H48N4O9S. The standard InChI is InChI=1S/C36H48N4O9S/c1-5-24-16-36(24,32(43)38-50(46,47)26-12-13-26)17-30(41)29-15-25-19-40(29)31(42)28(6-2)37-33(44)48-21-35(3,4)14-8-11-22-9-7-10-23-18-39(20-27(22)23)34(45)49-25/h5,7,9-10,24-26,28-29H,1,6,8,11-21H2,2-4H3,(H,37,44)(H,38,43)/t24-,25-,28+,29+,36-/m1/s1. The molecule has 2 saturated carbocycles. The maximum atomic E-state index is 14.1. The highest BCUT2D eigenvalue weighted by Gasteiger charge is 2.61. The number of carbonyl (C=O) groups excluding carboxylic acids is 5. The first-order chi connectivity index (χ1) is 23.7. The van der Waals surface area contributed by atoms with Gasteiger partial charge in [0.15, 0.2) is 5.78 Å². The summed E-state index contributed by atoms with van der Waals surface area (Å²) in [6.45, 7) is 10.4. The predicted octanol–water partition coefficient (Wildman–Crippen LogP) is 3.74. The van der Waals surface area contributed by atoms with Gasteiger partial charge in [0.05, 0.1) is 29.9 Å². The van der Waals surface area contributed by atoms with Crippen LogP contribution in [-0.2, 0) is 53.4 Å². The number of sulfonamides is 1. The summed E-state index contributed by atoms with van der Waals surface area (Å²) in [5, 5.41) is 2.04. The van der Waals surface area contributed by atoms with Crippen molar-refractivity contribution in [2.45, 2.75) is 115 Å². The molecule has 0 unspecified atom stereocenters. The molecule has 5 aliphatic rings. The maximum Gasteiger partial charge on any atom is 0.410 e. The molecule has 13 nitrogen and oxygen atoms in total. The molecule has 1 aromatic rings. The van der Waals surface area contributed by atoms with Gasteiger partial charge >= 0.3 is 12.2 Å². The molecule has 2 N–H and O–H groups in total. The van der Waals surface area contributed by atoms with Crippen molar-refractivity contribution in [3.8, 4) is 0 Å². The van der Waals surface area contributed by atoms with Gasteiger partial charge in [-0.15, -0.1) is 6.58 Å². The van der Waals surface area contributed by atoms with E-state index in [0.717, 1.165) is 36.0 Å². The van der Waals surface area contributed by atoms with Crippen LogP contribution in [0.4, 0.5) is 9.59 Å². The topological polar surface area (TPSA) is 168 Å². The van der Waals surface area contributed by atoms with Crippen LogP contribution in [0.3, 0.4) is 0 Å². The number of aryl methyl sites for hydroxylation is 1. The minimum atomic E-state index is -3.86. The number of hydrogen-bond acceptors (Lipinski definition) is 9. The first kappa shape index (κ1) is 35.9. The molecule has 4 bridgehead atoms. The number of ketones is 1. The molecule has 2 aliphatic carbocycles. The Balaban J connectivity index is 1.25. The summed E-state index contributed by atoms with van der Waals surface area (Å²) in [6, 6.07) is 3.96. The molecular weight excluding hydrogens is 664 g/mol. The van der Waals surface area contributed by atoms with Gasteiger partial charge in [0.25, 0.3) is 0 Å². The number of carbonyl (C=O) groups is 5. The Kier molecular flexibility index (Phi) is 9.79. The Hall–Kier alpha value is -3.94. The first-order valence-corrected chi connectivity index (χ1v) is 19.2. The van der Waals surface area contributed by atoms with Crippen LogP contribution in [0.15, 0.2) is 30.9 Å². The van der Waals surface area contributed by atoms with Crippen molar-refractivity contribution in [3.63, 3.8) is 0 Å². The molecule has 272 valence electrons. The number of allylic oxidation sites excluding steroid dienone is 1. The number of fused-ring (bicyclic) bond motifs is 3. The summed E-state index contributed by atoms with van der Waals surface area (Å²) in [6.07, 6.45) is 2.91. The molecule has 1 saturated heterocycles. The third kappa shape index (κ3) is 7.40. The van der Waals surface area contributed by atoms with Crippen LogP contribution in [-0.4, -0.2) is 84.6 Å². The molecule has 0 spiro atoms. The van der Waals surface area contributed by atoms with E-state index in [4.69, 9.17) is 9.47 Å². The molecule has 1 aromatic carbocycles. The van der Waals surface area contributed by atoms with E-state index in [1.807, 2.05) is 26.0 Å². The van der Waals surface area contributed by atoms with Crippen molar-refractivity contribution in [3.05, 3.63) is 47.5 Å². The second-order valence-corrected chi connectivity index (χ2v) is 17.3. The van der Waals surface area contributed by atoms with E-state index >= 15 is 0 Å². The van der Waals surface area contributed by atoms with Crippen molar-refractivity contribution in [1.29, 1.82) is 0 Å². The first-order valence-electron chi connectivity index (χ1n) is 17.7. The second-order valence-electron chi connectivity index (χ2n) is 15.4. The molecule has 0 radical (unpaired) electrons. The summed E-state index contributed by atoms with van der Waals surface area (Å²) in [4.78, 5) is 71.0. The van der Waals surface area contributed by atoms with E-state index in [2.05, 4.69) is 22.7 Å². The van der Waals surface area contributed by atoms with Crippen LogP contribution in [0, 0.1) is 16.7 Å². The van der Waals surface area contributed by atoms with Crippen LogP contribution in [0.1, 0.15) is 88.8 Å². The average Bonchev–Trinajstić information content (AvgIpc) is 3.96. The summed E-state index contributed by atoms with van der Waals surface area (Å²) in [7, 11) is -3.86. The van der Waals surface area contributed by atoms with Gasteiger partial charge in [-0.2, -0.15) is 0 Å². The second kappa shape index (κ2) is 13.6. The number of Topliss-reactive ketones (excluding diaryl/α,β-unsaturated/α-hetero) is 1. The number of amides is 4. The Morgan fingerprint density at radius 1 is 1.14 bits per heavy atom. The monoisotopic (exact) mass is 712 g/mol. The molecule has 3 aliphatic heterocycles. The minimum absolute atomic E-state index is 0.00570. The Bertz CT molecular complexity index is 1690. The zero-order valence-corrected chi connectivity index (χ0v) is 29.9. The SMILES string of the molecule is C=C[C@@H]1C[C@]1(CC(=O)[C@@H]1C[C@@H]2CN1C(=O)[C@H](CC)NC(=O)OCC(C)(C)CCCc1cccc3c1CN(C3)C(=O)O2)C(=O)NS(=O)(=O)C1CC1. The third-order valence-electron chi connectivity index (χ3n) is 11.0. The van der Waals surface area contributed by atoms with Gasteiger partial charge in [-0.3, -0.25) is 24.0 Å². The van der Waals surface area contributed by atoms with Crippen LogP contribution in [0.25, 0.3) is 0 Å². The molecule has 50 heavy (non-hydrogen) atoms. The fraction of sp³-hybridized carbons (Fsp3) is 0.639. The highest BCUT2D eigenvalue weighted by Crippen LogP contribution is 2.57. The normalized spacial score (nSPS) is 29.9. The molecule has 5 atom stereocenters. The van der Waals surface area contributed by atoms with E-state index in [1.54, 1.807) is 17.9 Å². The molecule has 14 heteroatoms. The lowest BCUT2D eigenvalue weighted by Gasteiger charge is -2.29. The van der Waals surface area contributed by atoms with Gasteiger partial charge in [-0.1, -0.05) is 45.0 Å². The zero-order valence-electron chi connectivity index (χ0n) is 29.1. The van der Waals surface area contributed by atoms with Crippen molar-refractivity contribution < 1.29 is 41.9 Å². The molecule has 6 rings (SSSR count). The highest BCUT2D eigenvalue weighted by atomic mass is 32.2. The van der Waals surface area contributed by atoms with Crippen molar-refractivity contribution in [2.75, 3.05) is 13.2 Å². The van der Waals surface area contributed by atoms with Gasteiger partial charge in [-0.05, 0) is 73.0 Å². The summed E-state index contributed by atoms with van der Waals surface area (Å²) in [5.74, 6) is -2.17. The number of nitrogens with zero attached hydrogens (tertiary/aromatic N) is 2. The van der Waals surface area contributed by atoms with E-state index in [9.17, 15) is 32.4 Å². The lowest BCUT2D eigenvalue weighted by atomic mass is 9.86. The van der Waals surface area contributed by atoms with E-state index in [-0.39, 0.29) is 44.2 Å². The fourth-order valence-corrected chi connectivity index (χ4v) is 9.01. The number of hydrogen-bond donors (Lipinski definition) is 2. The number of cyclic esters (lactones) is 1. The quantitative estimate of drug-likeness (QED) is 0.382. The van der Waals surface area contributed by atoms with Crippen LogP contribution < -0.4 is 10.0 Å². The maximum absolute atomic E-state index is 14.1. The van der Waals surface area contributed by atoms with Crippen LogP contribution in [0.2, 0.25) is 0 Å². The summed E-state index contributed by atoms with van der Waals surface area (Å²) < 4.78 is 39.0. The lowest BCUT2D eigenvalue weighted by molar-refractivity contribution is -0.140. The van der Waals surface area contributed by atoms with Crippen molar-refractivity contribution in [1.82, 2.24) is 19.8 Å². The minimum Gasteiger partial charge on any atom is -0.449 e. The number of nitrogens with one attached hydrogen (secondary N) is 2. The molecule has 3 fully saturated rings. The largest absolute Gasteiger partial charge is 0.449 e. The van der Waals surface area contributed by atoms with Gasteiger partial charge in [0.2, 0.25) is 21.8 Å². The molecule has 3 heterocycles. The van der Waals surface area contributed by atoms with Crippen molar-refractivity contribution >= 4 is 39.8 Å². The number of alkyl carbamates (subject to hydrolysis) is 1. The smallest absolute Gasteiger partial charge is 0.410 e. The summed E-state index contributed by atoms with van der Waals surface area (Å²) in [5.41, 5.74) is 1.65. The summed E-state index contributed by atoms with van der Waals surface area (Å²) >= 11 is 0. The van der Waals surface area contributed by atoms with E-state index in [0.29, 0.717) is 25.9 Å². The fourth-order valence-electron chi connectivity index (χ4n) is 7.62. The van der Waals surface area contributed by atoms with E-state index < -0.39 is 74.6 Å².